The molecule has 0 atom stereocenters. The van der Waals surface area contributed by atoms with Crippen molar-refractivity contribution in [3.05, 3.63) is 75.3 Å². The van der Waals surface area contributed by atoms with Gasteiger partial charge < -0.3 is 19.4 Å². The zero-order valence-corrected chi connectivity index (χ0v) is 18.7. The number of thiophene rings is 1. The highest BCUT2D eigenvalue weighted by molar-refractivity contribution is 7.20. The molecule has 0 aliphatic rings. The minimum absolute atomic E-state index is 0.159. The fourth-order valence-corrected chi connectivity index (χ4v) is 4.25. The molecule has 164 valence electrons. The summed E-state index contributed by atoms with van der Waals surface area (Å²) in [4.78, 5) is 34.7. The molecule has 0 aliphatic heterocycles. The fourth-order valence-electron chi connectivity index (χ4n) is 3.20. The van der Waals surface area contributed by atoms with Crippen LogP contribution in [0.15, 0.2) is 53.7 Å². The van der Waals surface area contributed by atoms with Crippen molar-refractivity contribution in [3.8, 4) is 17.4 Å². The van der Waals surface area contributed by atoms with Crippen LogP contribution < -0.4 is 20.3 Å². The minimum Gasteiger partial charge on any atom is -0.494 e. The number of nitrogens with zero attached hydrogens (tertiary/aromatic N) is 3. The second kappa shape index (κ2) is 9.19. The first-order valence-electron chi connectivity index (χ1n) is 10.0. The molecular formula is C23H22N4O4S. The summed E-state index contributed by atoms with van der Waals surface area (Å²) in [5, 5.41) is 3.38. The van der Waals surface area contributed by atoms with Crippen molar-refractivity contribution in [1.29, 1.82) is 0 Å². The Morgan fingerprint density at radius 1 is 1.16 bits per heavy atom. The maximum absolute atomic E-state index is 12.8. The van der Waals surface area contributed by atoms with Gasteiger partial charge in [-0.15, -0.1) is 11.3 Å². The molecule has 32 heavy (non-hydrogen) atoms. The Bertz CT molecular complexity index is 1330. The lowest BCUT2D eigenvalue weighted by molar-refractivity contribution is 0.0954. The van der Waals surface area contributed by atoms with E-state index in [0.717, 1.165) is 11.3 Å². The van der Waals surface area contributed by atoms with Gasteiger partial charge in [0.15, 0.2) is 0 Å². The first-order chi connectivity index (χ1) is 15.5. The van der Waals surface area contributed by atoms with Crippen LogP contribution in [0.5, 0.6) is 17.4 Å². The number of rotatable bonds is 7. The average Bonchev–Trinajstić information content (AvgIpc) is 3.13. The topological polar surface area (TPSA) is 95.3 Å². The largest absolute Gasteiger partial charge is 0.494 e. The van der Waals surface area contributed by atoms with Gasteiger partial charge in [-0.2, -0.15) is 0 Å². The van der Waals surface area contributed by atoms with Crippen LogP contribution in [0.25, 0.3) is 10.2 Å². The van der Waals surface area contributed by atoms with Crippen molar-refractivity contribution in [2.75, 3.05) is 6.61 Å². The lowest BCUT2D eigenvalue weighted by atomic mass is 10.2. The molecule has 4 rings (SSSR count). The Balaban J connectivity index is 1.45. The summed E-state index contributed by atoms with van der Waals surface area (Å²) in [6, 6.07) is 10.9. The van der Waals surface area contributed by atoms with Gasteiger partial charge in [0.25, 0.3) is 11.5 Å². The van der Waals surface area contributed by atoms with Gasteiger partial charge in [-0.3, -0.25) is 9.59 Å². The summed E-state index contributed by atoms with van der Waals surface area (Å²) < 4.78 is 12.6. The molecule has 4 aromatic rings. The van der Waals surface area contributed by atoms with Gasteiger partial charge in [-0.1, -0.05) is 0 Å². The molecule has 9 heteroatoms. The van der Waals surface area contributed by atoms with E-state index in [2.05, 4.69) is 15.3 Å². The van der Waals surface area contributed by atoms with E-state index < -0.39 is 0 Å². The van der Waals surface area contributed by atoms with E-state index in [-0.39, 0.29) is 11.5 Å². The Kier molecular flexibility index (Phi) is 6.18. The Labute approximate surface area is 188 Å². The Morgan fingerprint density at radius 2 is 1.91 bits per heavy atom. The highest BCUT2D eigenvalue weighted by atomic mass is 32.1. The van der Waals surface area contributed by atoms with E-state index in [4.69, 9.17) is 9.47 Å². The molecule has 0 saturated heterocycles. The van der Waals surface area contributed by atoms with Gasteiger partial charge >= 0.3 is 0 Å². The molecule has 3 heterocycles. The third-order valence-electron chi connectivity index (χ3n) is 4.83. The van der Waals surface area contributed by atoms with Gasteiger partial charge in [0.1, 0.15) is 16.3 Å². The molecule has 1 aromatic carbocycles. The average molecular weight is 451 g/mol. The van der Waals surface area contributed by atoms with Crippen molar-refractivity contribution in [2.45, 2.75) is 20.4 Å². The van der Waals surface area contributed by atoms with Crippen molar-refractivity contribution in [1.82, 2.24) is 19.9 Å². The molecule has 8 nitrogen and oxygen atoms in total. The zero-order valence-electron chi connectivity index (χ0n) is 17.9. The zero-order chi connectivity index (χ0) is 22.7. The summed E-state index contributed by atoms with van der Waals surface area (Å²) in [6.45, 7) is 4.59. The smallest absolute Gasteiger partial charge is 0.262 e. The van der Waals surface area contributed by atoms with Crippen molar-refractivity contribution in [3.63, 3.8) is 0 Å². The summed E-state index contributed by atoms with van der Waals surface area (Å²) in [5.74, 6) is 1.58. The maximum Gasteiger partial charge on any atom is 0.262 e. The van der Waals surface area contributed by atoms with Gasteiger partial charge in [0.2, 0.25) is 5.88 Å². The van der Waals surface area contributed by atoms with Crippen molar-refractivity contribution >= 4 is 27.5 Å². The first kappa shape index (κ1) is 21.5. The minimum atomic E-state index is -0.252. The highest BCUT2D eigenvalue weighted by Gasteiger charge is 2.19. The summed E-state index contributed by atoms with van der Waals surface area (Å²) >= 11 is 1.22. The molecule has 0 spiro atoms. The highest BCUT2D eigenvalue weighted by Crippen LogP contribution is 2.27. The molecule has 3 aromatic heterocycles. The third kappa shape index (κ3) is 4.47. The van der Waals surface area contributed by atoms with E-state index in [1.165, 1.54) is 22.2 Å². The summed E-state index contributed by atoms with van der Waals surface area (Å²) in [5.41, 5.74) is 1.32. The molecule has 0 radical (unpaired) electrons. The van der Waals surface area contributed by atoms with Gasteiger partial charge in [0, 0.05) is 25.9 Å². The molecule has 1 amide bonds. The Morgan fingerprint density at radius 3 is 2.66 bits per heavy atom. The second-order valence-electron chi connectivity index (χ2n) is 7.09. The molecule has 0 fully saturated rings. The number of nitrogens with one attached hydrogen (secondary N) is 1. The standard InChI is InChI=1S/C23H22N4O4S/c1-4-30-16-5-7-17(8-6-16)31-18-11-15(9-10-24-18)12-25-21(28)20-14(2)19-22(32-20)26-13-27(3)23(19)29/h5-11,13H,4,12H2,1-3H3,(H,25,28). The summed E-state index contributed by atoms with van der Waals surface area (Å²) in [7, 11) is 1.64. The van der Waals surface area contributed by atoms with Gasteiger partial charge in [-0.25, -0.2) is 9.97 Å². The van der Waals surface area contributed by atoms with Gasteiger partial charge in [0.05, 0.1) is 23.2 Å². The van der Waals surface area contributed by atoms with Crippen molar-refractivity contribution in [2.24, 2.45) is 7.05 Å². The quantitative estimate of drug-likeness (QED) is 0.460. The molecule has 0 unspecified atom stereocenters. The first-order valence-corrected chi connectivity index (χ1v) is 10.9. The van der Waals surface area contributed by atoms with Crippen LogP contribution in [-0.4, -0.2) is 27.0 Å². The van der Waals surface area contributed by atoms with Crippen LogP contribution in [0.3, 0.4) is 0 Å². The number of carbonyl (C=O) groups excluding carboxylic acids is 1. The number of pyridine rings is 1. The van der Waals surface area contributed by atoms with E-state index in [1.54, 1.807) is 32.3 Å². The summed E-state index contributed by atoms with van der Waals surface area (Å²) in [6.07, 6.45) is 3.09. The monoisotopic (exact) mass is 450 g/mol. The van der Waals surface area contributed by atoms with Crippen LogP contribution in [0.2, 0.25) is 0 Å². The van der Waals surface area contributed by atoms with E-state index in [9.17, 15) is 9.59 Å². The third-order valence-corrected chi connectivity index (χ3v) is 6.02. The number of aromatic nitrogens is 3. The van der Waals surface area contributed by atoms with Crippen LogP contribution in [0.1, 0.15) is 27.7 Å². The number of benzene rings is 1. The molecule has 0 bridgehead atoms. The fraction of sp³-hybridized carbons (Fsp3) is 0.217. The number of hydrogen-bond donors (Lipinski definition) is 1. The van der Waals surface area contributed by atoms with Crippen LogP contribution in [-0.2, 0) is 13.6 Å². The Hall–Kier alpha value is -3.72. The molecule has 1 N–H and O–H groups in total. The predicted octanol–water partition coefficient (Wildman–Crippen LogP) is 3.82. The predicted molar refractivity (Wildman–Crippen MR) is 123 cm³/mol. The number of ether oxygens (including phenoxy) is 2. The lowest BCUT2D eigenvalue weighted by Crippen LogP contribution is -2.23. The molecular weight excluding hydrogens is 428 g/mol. The number of amides is 1. The lowest BCUT2D eigenvalue weighted by Gasteiger charge is -2.09. The maximum atomic E-state index is 12.8. The van der Waals surface area contributed by atoms with Crippen molar-refractivity contribution < 1.29 is 14.3 Å². The SMILES string of the molecule is CCOc1ccc(Oc2cc(CNC(=O)c3sc4ncn(C)c(=O)c4c3C)ccn2)cc1. The number of fused-ring (bicyclic) bond motifs is 1. The number of hydrogen-bond acceptors (Lipinski definition) is 7. The molecule has 0 saturated carbocycles. The van der Waals surface area contributed by atoms with E-state index in [1.807, 2.05) is 31.2 Å². The number of aryl methyl sites for hydroxylation is 2. The van der Waals surface area contributed by atoms with E-state index >= 15 is 0 Å². The normalized spacial score (nSPS) is 10.8. The van der Waals surface area contributed by atoms with E-state index in [0.29, 0.717) is 45.4 Å². The van der Waals surface area contributed by atoms with Crippen LogP contribution in [0, 0.1) is 6.92 Å². The van der Waals surface area contributed by atoms with Crippen LogP contribution >= 0.6 is 11.3 Å². The van der Waals surface area contributed by atoms with Crippen LogP contribution in [0.4, 0.5) is 0 Å². The molecule has 0 aliphatic carbocycles. The second-order valence-corrected chi connectivity index (χ2v) is 8.09. The number of carbonyl (C=O) groups is 1. The van der Waals surface area contributed by atoms with Gasteiger partial charge in [-0.05, 0) is 55.3 Å².